The Bertz CT molecular complexity index is 2070. The maximum absolute atomic E-state index is 2.64. The van der Waals surface area contributed by atoms with Crippen molar-refractivity contribution < 1.29 is 0 Å². The van der Waals surface area contributed by atoms with E-state index in [0.717, 1.165) is 6.42 Å². The van der Waals surface area contributed by atoms with Gasteiger partial charge in [-0.3, -0.25) is 0 Å². The lowest BCUT2D eigenvalue weighted by molar-refractivity contribution is 0.524. The minimum absolute atomic E-state index is 0.308. The quantitative estimate of drug-likeness (QED) is 0.283. The molecule has 0 fully saturated rings. The van der Waals surface area contributed by atoms with Crippen LogP contribution in [0.2, 0.25) is 0 Å². The monoisotopic (exact) mass is 592 g/mol. The standard InChI is InChI=1S/C46H40/c1-2-14-31(15-3-1)32-26-28-33(29-27-32)35-17-6-9-21-39(35)45-40-22-10-12-24-42(40)46(43-25-13-11-23-41(43)45)44-30-34-16-4-5-18-36(34)37-19-7-8-20-38(37)44/h1-3,6-15,19-30,35,37-38,40,42H,4-5,16-18H2. The van der Waals surface area contributed by atoms with E-state index in [0.29, 0.717) is 29.6 Å². The normalized spacial score (nSPS) is 27.4. The average molecular weight is 593 g/mol. The lowest BCUT2D eigenvalue weighted by atomic mass is 9.62. The minimum Gasteiger partial charge on any atom is -0.0836 e. The van der Waals surface area contributed by atoms with Crippen molar-refractivity contribution in [3.63, 3.8) is 0 Å². The highest BCUT2D eigenvalue weighted by Crippen LogP contribution is 2.51. The molecule has 6 aliphatic rings. The molecule has 0 spiro atoms. The first kappa shape index (κ1) is 27.6. The maximum atomic E-state index is 2.64. The Hall–Kier alpha value is -4.68. The van der Waals surface area contributed by atoms with Crippen LogP contribution in [-0.2, 0) is 0 Å². The third-order valence-electron chi connectivity index (χ3n) is 11.3. The topological polar surface area (TPSA) is 0 Å². The van der Waals surface area contributed by atoms with E-state index in [1.165, 1.54) is 64.0 Å². The third kappa shape index (κ3) is 4.58. The molecule has 0 aromatic heterocycles. The van der Waals surface area contributed by atoms with Crippen molar-refractivity contribution in [3.8, 4) is 11.1 Å². The molecule has 0 amide bonds. The van der Waals surface area contributed by atoms with Gasteiger partial charge in [0.05, 0.1) is 0 Å². The van der Waals surface area contributed by atoms with E-state index in [1.807, 2.05) is 0 Å². The Morgan fingerprint density at radius 1 is 0.500 bits per heavy atom. The molecule has 0 aliphatic heterocycles. The van der Waals surface area contributed by atoms with Gasteiger partial charge < -0.3 is 0 Å². The smallest absolute Gasteiger partial charge is 0.0134 e. The van der Waals surface area contributed by atoms with Crippen LogP contribution in [0.4, 0.5) is 0 Å². The predicted molar refractivity (Wildman–Crippen MR) is 193 cm³/mol. The van der Waals surface area contributed by atoms with Gasteiger partial charge >= 0.3 is 0 Å². The molecule has 0 saturated carbocycles. The second-order valence-corrected chi connectivity index (χ2v) is 13.7. The van der Waals surface area contributed by atoms with Crippen LogP contribution in [0.1, 0.15) is 43.6 Å². The zero-order valence-electron chi connectivity index (χ0n) is 26.4. The Morgan fingerprint density at radius 3 is 1.85 bits per heavy atom. The SMILES string of the molecule is C1=CCC(c2ccc(-c3ccccc3)cc2)C(C2=c3ccccc3=C(C3=CC4=C(CCCC4)C4C=CC=CC34)C3C=CC=CC23)=C1. The van der Waals surface area contributed by atoms with Crippen LogP contribution in [0.3, 0.4) is 0 Å². The van der Waals surface area contributed by atoms with Gasteiger partial charge in [-0.2, -0.15) is 0 Å². The lowest BCUT2D eigenvalue weighted by Gasteiger charge is -2.42. The Labute approximate surface area is 273 Å². The first-order chi connectivity index (χ1) is 22.8. The fraction of sp³-hybridized carbons (Fsp3) is 0.217. The van der Waals surface area contributed by atoms with Gasteiger partial charge in [-0.05, 0) is 87.1 Å². The summed E-state index contributed by atoms with van der Waals surface area (Å²) in [6.07, 6.45) is 35.0. The first-order valence-electron chi connectivity index (χ1n) is 17.3. The number of fused-ring (bicyclic) bond motifs is 4. The molecular weight excluding hydrogens is 553 g/mol. The molecule has 0 heterocycles. The fourth-order valence-corrected chi connectivity index (χ4v) is 9.20. The molecule has 9 rings (SSSR count). The fourth-order valence-electron chi connectivity index (χ4n) is 9.20. The zero-order chi connectivity index (χ0) is 30.5. The average Bonchev–Trinajstić information content (AvgIpc) is 3.14. The van der Waals surface area contributed by atoms with Crippen LogP contribution in [0.25, 0.3) is 22.3 Å². The Balaban J connectivity index is 1.23. The van der Waals surface area contributed by atoms with E-state index in [4.69, 9.17) is 0 Å². The molecular formula is C46H40. The van der Waals surface area contributed by atoms with Gasteiger partial charge in [0.2, 0.25) is 0 Å². The van der Waals surface area contributed by atoms with Crippen molar-refractivity contribution >= 4 is 11.1 Å². The van der Waals surface area contributed by atoms with Crippen molar-refractivity contribution in [2.45, 2.75) is 38.0 Å². The van der Waals surface area contributed by atoms with Crippen LogP contribution in [0.5, 0.6) is 0 Å². The molecule has 6 aliphatic carbocycles. The molecule has 0 heteroatoms. The molecule has 3 aromatic carbocycles. The molecule has 5 unspecified atom stereocenters. The maximum Gasteiger partial charge on any atom is 0.0134 e. The second-order valence-electron chi connectivity index (χ2n) is 13.7. The Kier molecular flexibility index (Phi) is 6.96. The zero-order valence-corrected chi connectivity index (χ0v) is 26.4. The number of allylic oxidation sites excluding steroid dienone is 16. The van der Waals surface area contributed by atoms with Crippen molar-refractivity contribution in [2.75, 3.05) is 0 Å². The van der Waals surface area contributed by atoms with Crippen LogP contribution >= 0.6 is 0 Å². The summed E-state index contributed by atoms with van der Waals surface area (Å²) in [5.41, 5.74) is 13.4. The van der Waals surface area contributed by atoms with E-state index in [1.54, 1.807) is 22.3 Å². The van der Waals surface area contributed by atoms with Crippen LogP contribution in [0, 0.1) is 23.7 Å². The molecule has 5 atom stereocenters. The van der Waals surface area contributed by atoms with Gasteiger partial charge in [0.1, 0.15) is 0 Å². The van der Waals surface area contributed by atoms with Crippen LogP contribution < -0.4 is 10.4 Å². The molecule has 0 N–H and O–H groups in total. The van der Waals surface area contributed by atoms with Gasteiger partial charge in [0, 0.05) is 29.6 Å². The highest BCUT2D eigenvalue weighted by atomic mass is 14.4. The Morgan fingerprint density at radius 2 is 1.11 bits per heavy atom. The van der Waals surface area contributed by atoms with Crippen molar-refractivity contribution in [2.24, 2.45) is 23.7 Å². The number of benzene rings is 3. The van der Waals surface area contributed by atoms with Crippen molar-refractivity contribution in [1.29, 1.82) is 0 Å². The summed E-state index contributed by atoms with van der Waals surface area (Å²) in [6.45, 7) is 0. The van der Waals surface area contributed by atoms with E-state index < -0.39 is 0 Å². The lowest BCUT2D eigenvalue weighted by Crippen LogP contribution is -2.42. The first-order valence-corrected chi connectivity index (χ1v) is 17.3. The molecule has 46 heavy (non-hydrogen) atoms. The summed E-state index contributed by atoms with van der Waals surface area (Å²) in [6, 6.07) is 29.4. The van der Waals surface area contributed by atoms with Crippen LogP contribution in [-0.4, -0.2) is 0 Å². The number of hydrogen-bond donors (Lipinski definition) is 0. The largest absolute Gasteiger partial charge is 0.0836 e. The highest BCUT2D eigenvalue weighted by Gasteiger charge is 2.40. The van der Waals surface area contributed by atoms with E-state index in [9.17, 15) is 0 Å². The molecule has 3 aromatic rings. The number of hydrogen-bond acceptors (Lipinski definition) is 0. The molecule has 0 bridgehead atoms. The van der Waals surface area contributed by atoms with E-state index in [-0.39, 0.29) is 0 Å². The van der Waals surface area contributed by atoms with E-state index in [2.05, 4.69) is 152 Å². The van der Waals surface area contributed by atoms with Gasteiger partial charge in [-0.1, -0.05) is 157 Å². The van der Waals surface area contributed by atoms with Crippen molar-refractivity contribution in [3.05, 3.63) is 190 Å². The van der Waals surface area contributed by atoms with Crippen LogP contribution in [0.15, 0.2) is 174 Å². The summed E-state index contributed by atoms with van der Waals surface area (Å²) in [5, 5.41) is 2.85. The van der Waals surface area contributed by atoms with Crippen molar-refractivity contribution in [1.82, 2.24) is 0 Å². The molecule has 0 saturated heterocycles. The van der Waals surface area contributed by atoms with Gasteiger partial charge in [-0.15, -0.1) is 0 Å². The minimum atomic E-state index is 0.308. The molecule has 0 radical (unpaired) electrons. The van der Waals surface area contributed by atoms with E-state index >= 15 is 0 Å². The second kappa shape index (κ2) is 11.6. The van der Waals surface area contributed by atoms with Gasteiger partial charge in [-0.25, -0.2) is 0 Å². The summed E-state index contributed by atoms with van der Waals surface area (Å²) in [5.74, 6) is 1.88. The van der Waals surface area contributed by atoms with Gasteiger partial charge in [0.25, 0.3) is 0 Å². The summed E-state index contributed by atoms with van der Waals surface area (Å²) in [7, 11) is 0. The third-order valence-corrected chi connectivity index (χ3v) is 11.3. The van der Waals surface area contributed by atoms with Gasteiger partial charge in [0.15, 0.2) is 0 Å². The summed E-state index contributed by atoms with van der Waals surface area (Å²) < 4.78 is 0. The highest BCUT2D eigenvalue weighted by molar-refractivity contribution is 5.83. The number of rotatable bonds is 4. The molecule has 224 valence electrons. The summed E-state index contributed by atoms with van der Waals surface area (Å²) in [4.78, 5) is 0. The molecule has 0 nitrogen and oxygen atoms in total. The predicted octanol–water partition coefficient (Wildman–Crippen LogP) is 9.87. The summed E-state index contributed by atoms with van der Waals surface area (Å²) >= 11 is 0.